The highest BCUT2D eigenvalue weighted by atomic mass is 14.7. The SMILES string of the molecule is C(=C\c1ccccc1)/Cc1ccccc1.C=NC.C=NCc1cccc(-c2ccc3c4ccccc4c4ccccc4c3c2)c1. The molecule has 0 aliphatic rings. The van der Waals surface area contributed by atoms with Crippen LogP contribution in [0.2, 0.25) is 0 Å². The molecule has 45 heavy (non-hydrogen) atoms. The zero-order valence-electron chi connectivity index (χ0n) is 25.8. The molecule has 0 radical (unpaired) electrons. The van der Waals surface area contributed by atoms with Crippen LogP contribution in [0.5, 0.6) is 0 Å². The predicted molar refractivity (Wildman–Crippen MR) is 199 cm³/mol. The van der Waals surface area contributed by atoms with E-state index in [0.29, 0.717) is 6.54 Å². The summed E-state index contributed by atoms with van der Waals surface area (Å²) in [7, 11) is 1.64. The van der Waals surface area contributed by atoms with Crippen LogP contribution in [0.3, 0.4) is 0 Å². The van der Waals surface area contributed by atoms with Crippen LogP contribution in [-0.2, 0) is 13.0 Å². The summed E-state index contributed by atoms with van der Waals surface area (Å²) in [5.41, 5.74) is 6.24. The minimum atomic E-state index is 0.648. The van der Waals surface area contributed by atoms with Crippen LogP contribution in [0.15, 0.2) is 168 Å². The summed E-state index contributed by atoms with van der Waals surface area (Å²) in [4.78, 5) is 7.27. The fourth-order valence-corrected chi connectivity index (χ4v) is 5.57. The predicted octanol–water partition coefficient (Wildman–Crippen LogP) is 11.3. The fraction of sp³-hybridized carbons (Fsp3) is 0.0698. The summed E-state index contributed by atoms with van der Waals surface area (Å²) in [5.74, 6) is 0. The molecular weight excluding hydrogens is 544 g/mol. The Bertz CT molecular complexity index is 2010. The summed E-state index contributed by atoms with van der Waals surface area (Å²) in [6.45, 7) is 7.37. The molecule has 0 bridgehead atoms. The fourth-order valence-electron chi connectivity index (χ4n) is 5.57. The van der Waals surface area contributed by atoms with Crippen molar-refractivity contribution in [3.8, 4) is 11.1 Å². The summed E-state index contributed by atoms with van der Waals surface area (Å²) in [6.07, 6.45) is 5.35. The zero-order valence-corrected chi connectivity index (χ0v) is 25.8. The maximum absolute atomic E-state index is 4.02. The van der Waals surface area contributed by atoms with Crippen molar-refractivity contribution in [3.05, 3.63) is 174 Å². The molecule has 7 rings (SSSR count). The van der Waals surface area contributed by atoms with Gasteiger partial charge in [-0.3, -0.25) is 4.99 Å². The largest absolute Gasteiger partial charge is 0.304 e. The molecule has 0 aromatic heterocycles. The van der Waals surface area contributed by atoms with E-state index in [-0.39, 0.29) is 0 Å². The summed E-state index contributed by atoms with van der Waals surface area (Å²) >= 11 is 0. The van der Waals surface area contributed by atoms with Gasteiger partial charge in [-0.1, -0.05) is 152 Å². The molecule has 0 spiro atoms. The molecule has 2 heteroatoms. The van der Waals surface area contributed by atoms with Crippen molar-refractivity contribution in [1.82, 2.24) is 0 Å². The van der Waals surface area contributed by atoms with Gasteiger partial charge in [0.05, 0.1) is 6.54 Å². The molecule has 2 nitrogen and oxygen atoms in total. The van der Waals surface area contributed by atoms with Crippen LogP contribution < -0.4 is 0 Å². The van der Waals surface area contributed by atoms with Crippen LogP contribution in [0, 0.1) is 0 Å². The highest BCUT2D eigenvalue weighted by molar-refractivity contribution is 6.25. The number of nitrogens with zero attached hydrogens (tertiary/aromatic N) is 2. The highest BCUT2D eigenvalue weighted by Crippen LogP contribution is 2.37. The molecule has 0 aliphatic carbocycles. The van der Waals surface area contributed by atoms with Crippen molar-refractivity contribution in [3.63, 3.8) is 0 Å². The van der Waals surface area contributed by atoms with Crippen LogP contribution in [0.4, 0.5) is 0 Å². The molecule has 7 aromatic rings. The molecule has 0 unspecified atom stereocenters. The molecule has 0 amide bonds. The average molecular weight is 583 g/mol. The second-order valence-electron chi connectivity index (χ2n) is 10.8. The number of hydrogen-bond donors (Lipinski definition) is 0. The Kier molecular flexibility index (Phi) is 10.8. The molecule has 0 heterocycles. The molecule has 7 aromatic carbocycles. The van der Waals surface area contributed by atoms with Crippen LogP contribution >= 0.6 is 0 Å². The number of benzene rings is 7. The molecule has 0 fully saturated rings. The smallest absolute Gasteiger partial charge is 0.0632 e. The van der Waals surface area contributed by atoms with Gasteiger partial charge in [-0.15, -0.1) is 0 Å². The minimum Gasteiger partial charge on any atom is -0.304 e. The third-order valence-electron chi connectivity index (χ3n) is 7.61. The first-order chi connectivity index (χ1) is 22.2. The monoisotopic (exact) mass is 582 g/mol. The van der Waals surface area contributed by atoms with Crippen molar-refractivity contribution in [2.75, 3.05) is 7.05 Å². The van der Waals surface area contributed by atoms with E-state index in [1.807, 2.05) is 12.1 Å². The van der Waals surface area contributed by atoms with Crippen LogP contribution in [0.1, 0.15) is 16.7 Å². The van der Waals surface area contributed by atoms with E-state index >= 15 is 0 Å². The Morgan fingerprint density at radius 1 is 0.489 bits per heavy atom. The van der Waals surface area contributed by atoms with Gasteiger partial charge in [0.2, 0.25) is 0 Å². The topological polar surface area (TPSA) is 24.7 Å². The van der Waals surface area contributed by atoms with Gasteiger partial charge < -0.3 is 4.99 Å². The number of hydrogen-bond acceptors (Lipinski definition) is 2. The number of fused-ring (bicyclic) bond motifs is 6. The normalized spacial score (nSPS) is 10.6. The van der Waals surface area contributed by atoms with Gasteiger partial charge in [0.15, 0.2) is 0 Å². The van der Waals surface area contributed by atoms with E-state index in [4.69, 9.17) is 0 Å². The number of rotatable bonds is 6. The first kappa shape index (κ1) is 30.8. The Balaban J connectivity index is 0.000000188. The van der Waals surface area contributed by atoms with E-state index in [1.165, 1.54) is 60.1 Å². The lowest BCUT2D eigenvalue weighted by molar-refractivity contribution is 1.08. The Morgan fingerprint density at radius 3 is 1.58 bits per heavy atom. The Hall–Kier alpha value is -5.60. The van der Waals surface area contributed by atoms with E-state index in [0.717, 1.165) is 6.42 Å². The van der Waals surface area contributed by atoms with Crippen molar-refractivity contribution in [1.29, 1.82) is 0 Å². The van der Waals surface area contributed by atoms with Gasteiger partial charge in [-0.2, -0.15) is 0 Å². The number of aliphatic imine (C=N–C) groups is 2. The second-order valence-corrected chi connectivity index (χ2v) is 10.8. The molecule has 0 aliphatic heterocycles. The van der Waals surface area contributed by atoms with Gasteiger partial charge >= 0.3 is 0 Å². The van der Waals surface area contributed by atoms with Gasteiger partial charge in [0.25, 0.3) is 0 Å². The number of allylic oxidation sites excluding steroid dienone is 1. The minimum absolute atomic E-state index is 0.648. The second kappa shape index (κ2) is 15.7. The van der Waals surface area contributed by atoms with Crippen molar-refractivity contribution < 1.29 is 0 Å². The van der Waals surface area contributed by atoms with Gasteiger partial charge in [0.1, 0.15) is 0 Å². The lowest BCUT2D eigenvalue weighted by Crippen LogP contribution is -1.86. The lowest BCUT2D eigenvalue weighted by atomic mass is 9.92. The lowest BCUT2D eigenvalue weighted by Gasteiger charge is -2.12. The van der Waals surface area contributed by atoms with E-state index in [9.17, 15) is 0 Å². The van der Waals surface area contributed by atoms with Gasteiger partial charge in [-0.25, -0.2) is 0 Å². The van der Waals surface area contributed by atoms with Crippen LogP contribution in [0.25, 0.3) is 49.5 Å². The third kappa shape index (κ3) is 7.87. The van der Waals surface area contributed by atoms with Gasteiger partial charge in [-0.05, 0) is 92.1 Å². The Morgan fingerprint density at radius 2 is 0.978 bits per heavy atom. The average Bonchev–Trinajstić information content (AvgIpc) is 3.10. The van der Waals surface area contributed by atoms with E-state index < -0.39 is 0 Å². The van der Waals surface area contributed by atoms with Crippen molar-refractivity contribution >= 4 is 51.8 Å². The van der Waals surface area contributed by atoms with E-state index in [2.05, 4.69) is 175 Å². The Labute approximate surface area is 266 Å². The van der Waals surface area contributed by atoms with E-state index in [1.54, 1.807) is 7.05 Å². The molecule has 220 valence electrons. The molecular formula is C43H38N2. The summed E-state index contributed by atoms with van der Waals surface area (Å²) in [6, 6.07) is 53.6. The summed E-state index contributed by atoms with van der Waals surface area (Å²) < 4.78 is 0. The quantitative estimate of drug-likeness (QED) is 0.138. The van der Waals surface area contributed by atoms with Crippen LogP contribution in [-0.4, -0.2) is 20.5 Å². The first-order valence-corrected chi connectivity index (χ1v) is 15.2. The molecule has 0 saturated carbocycles. The third-order valence-corrected chi connectivity index (χ3v) is 7.61. The standard InChI is InChI=1S/C26H19N.C15H14.C2H5N/c1-27-17-18-7-6-8-19(15-18)20-13-14-25-23-11-3-2-9-21(23)22-10-4-5-12-24(22)26(25)16-20;1-3-8-14(9-4-1)12-7-13-15-10-5-2-6-11-15;1-3-2/h2-16H,1,17H2;1-12H,13H2;1H2,2H3/b;12-7+;. The highest BCUT2D eigenvalue weighted by Gasteiger charge is 2.09. The van der Waals surface area contributed by atoms with Crippen molar-refractivity contribution in [2.24, 2.45) is 9.98 Å². The van der Waals surface area contributed by atoms with Crippen molar-refractivity contribution in [2.45, 2.75) is 13.0 Å². The van der Waals surface area contributed by atoms with Gasteiger partial charge in [0, 0.05) is 7.05 Å². The molecule has 0 saturated heterocycles. The summed E-state index contributed by atoms with van der Waals surface area (Å²) in [5, 5.41) is 7.83. The first-order valence-electron chi connectivity index (χ1n) is 15.2. The zero-order chi connectivity index (χ0) is 31.3. The molecule has 0 N–H and O–H groups in total. The molecule has 0 atom stereocenters. The maximum atomic E-state index is 4.02. The maximum Gasteiger partial charge on any atom is 0.0632 e.